The van der Waals surface area contributed by atoms with Crippen LogP contribution in [0.5, 0.6) is 0 Å². The minimum atomic E-state index is -4.77. The van der Waals surface area contributed by atoms with Crippen LogP contribution in [0.15, 0.2) is 30.5 Å². The van der Waals surface area contributed by atoms with Gasteiger partial charge in [0.2, 0.25) is 0 Å². The van der Waals surface area contributed by atoms with Crippen LogP contribution in [0.2, 0.25) is 0 Å². The van der Waals surface area contributed by atoms with E-state index in [1.807, 2.05) is 0 Å². The lowest BCUT2D eigenvalue weighted by Gasteiger charge is -2.11. The van der Waals surface area contributed by atoms with Gasteiger partial charge in [0, 0.05) is 23.3 Å². The van der Waals surface area contributed by atoms with Gasteiger partial charge in [-0.25, -0.2) is 9.37 Å². The molecule has 0 radical (unpaired) electrons. The highest BCUT2D eigenvalue weighted by Gasteiger charge is 2.37. The maximum absolute atomic E-state index is 13.2. The second kappa shape index (κ2) is 5.32. The van der Waals surface area contributed by atoms with Crippen molar-refractivity contribution >= 4 is 23.6 Å². The average molecular weight is 325 g/mol. The molecule has 5 nitrogen and oxygen atoms in total. The van der Waals surface area contributed by atoms with Crippen molar-refractivity contribution in [2.75, 3.05) is 0 Å². The van der Waals surface area contributed by atoms with Gasteiger partial charge in [-0.05, 0) is 18.2 Å². The Balaban J connectivity index is 2.24. The third kappa shape index (κ3) is 2.90. The zero-order valence-corrected chi connectivity index (χ0v) is 11.3. The van der Waals surface area contributed by atoms with E-state index in [0.29, 0.717) is 5.52 Å². The largest absolute Gasteiger partial charge is 0.490 e. The summed E-state index contributed by atoms with van der Waals surface area (Å²) >= 11 is 0. The fourth-order valence-corrected chi connectivity index (χ4v) is 2.14. The number of fused-ring (bicyclic) bond motifs is 1. The van der Waals surface area contributed by atoms with Crippen molar-refractivity contribution < 1.29 is 27.6 Å². The van der Waals surface area contributed by atoms with Crippen LogP contribution in [-0.4, -0.2) is 32.1 Å². The Hall–Kier alpha value is -2.46. The van der Waals surface area contributed by atoms with E-state index in [2.05, 4.69) is 15.0 Å². The molecular formula is C13H8BF4N3O2. The fraction of sp³-hybridized carbons (Fsp3) is 0.0769. The molecule has 0 aliphatic heterocycles. The maximum atomic E-state index is 13.2. The maximum Gasteiger partial charge on any atom is 0.490 e. The van der Waals surface area contributed by atoms with Crippen LogP contribution >= 0.6 is 0 Å². The minimum Gasteiger partial charge on any atom is -0.423 e. The zero-order valence-electron chi connectivity index (χ0n) is 11.3. The van der Waals surface area contributed by atoms with Crippen LogP contribution in [0.25, 0.3) is 22.4 Å². The second-order valence-corrected chi connectivity index (χ2v) is 4.78. The predicted octanol–water partition coefficient (Wildman–Crippen LogP) is 1.46. The second-order valence-electron chi connectivity index (χ2n) is 4.78. The highest BCUT2D eigenvalue weighted by Crippen LogP contribution is 2.34. The van der Waals surface area contributed by atoms with Crippen LogP contribution in [-0.2, 0) is 6.18 Å². The number of nitrogens with one attached hydrogen (secondary N) is 1. The van der Waals surface area contributed by atoms with E-state index >= 15 is 0 Å². The van der Waals surface area contributed by atoms with Crippen LogP contribution < -0.4 is 5.46 Å². The highest BCUT2D eigenvalue weighted by molar-refractivity contribution is 6.58. The molecule has 0 aliphatic carbocycles. The van der Waals surface area contributed by atoms with Crippen LogP contribution in [0.1, 0.15) is 5.69 Å². The van der Waals surface area contributed by atoms with Crippen molar-refractivity contribution in [1.82, 2.24) is 15.0 Å². The lowest BCUT2D eigenvalue weighted by molar-refractivity contribution is -0.140. The van der Waals surface area contributed by atoms with E-state index in [1.54, 1.807) is 0 Å². The van der Waals surface area contributed by atoms with Crippen molar-refractivity contribution in [3.05, 3.63) is 42.0 Å². The third-order valence-corrected chi connectivity index (χ3v) is 3.18. The number of nitrogens with zero attached hydrogens (tertiary/aromatic N) is 2. The number of imidazole rings is 1. The topological polar surface area (TPSA) is 82.0 Å². The van der Waals surface area contributed by atoms with E-state index in [4.69, 9.17) is 10.0 Å². The van der Waals surface area contributed by atoms with Gasteiger partial charge in [-0.15, -0.1) is 0 Å². The first kappa shape index (κ1) is 15.4. The van der Waals surface area contributed by atoms with Gasteiger partial charge >= 0.3 is 13.3 Å². The number of aromatic nitrogens is 3. The zero-order chi connectivity index (χ0) is 16.8. The summed E-state index contributed by atoms with van der Waals surface area (Å²) < 4.78 is 52.5. The van der Waals surface area contributed by atoms with E-state index in [9.17, 15) is 17.6 Å². The smallest absolute Gasteiger partial charge is 0.423 e. The minimum absolute atomic E-state index is 0.142. The number of aromatic amines is 1. The quantitative estimate of drug-likeness (QED) is 0.492. The summed E-state index contributed by atoms with van der Waals surface area (Å²) in [5.74, 6) is -0.780. The molecule has 3 N–H and O–H groups in total. The Bertz CT molecular complexity index is 879. The summed E-state index contributed by atoms with van der Waals surface area (Å²) in [6.07, 6.45) is -4.04. The van der Waals surface area contributed by atoms with Gasteiger partial charge < -0.3 is 15.0 Å². The van der Waals surface area contributed by atoms with Gasteiger partial charge in [-0.3, -0.25) is 4.98 Å². The first-order valence-electron chi connectivity index (χ1n) is 6.34. The molecule has 23 heavy (non-hydrogen) atoms. The molecule has 0 bridgehead atoms. The monoisotopic (exact) mass is 325 g/mol. The molecule has 0 unspecified atom stereocenters. The number of rotatable bonds is 2. The molecule has 2 aromatic heterocycles. The Morgan fingerprint density at radius 1 is 1.13 bits per heavy atom. The van der Waals surface area contributed by atoms with Gasteiger partial charge in [0.05, 0.1) is 11.0 Å². The van der Waals surface area contributed by atoms with Crippen molar-refractivity contribution in [2.45, 2.75) is 6.18 Å². The standard InChI is InChI=1S/C13H8BF4N3O2/c15-7-1-2-9-10(4-7)21-12(20-9)8-3-6(14(22)23)5-19-11(8)13(16,17)18/h1-5,22-23H,(H,20,21). The average Bonchev–Trinajstić information content (AvgIpc) is 2.88. The number of halogens is 4. The molecular weight excluding hydrogens is 317 g/mol. The molecule has 2 heterocycles. The summed E-state index contributed by atoms with van der Waals surface area (Å²) in [7, 11) is -1.98. The van der Waals surface area contributed by atoms with Gasteiger partial charge in [-0.1, -0.05) is 0 Å². The summed E-state index contributed by atoms with van der Waals surface area (Å²) in [5.41, 5.74) is -1.44. The Kier molecular flexibility index (Phi) is 3.57. The molecule has 0 fully saturated rings. The van der Waals surface area contributed by atoms with Crippen molar-refractivity contribution in [3.8, 4) is 11.4 Å². The lowest BCUT2D eigenvalue weighted by Crippen LogP contribution is -2.31. The number of benzene rings is 1. The Labute approximate surface area is 126 Å². The van der Waals surface area contributed by atoms with E-state index in [1.165, 1.54) is 6.07 Å². The molecule has 118 valence electrons. The molecule has 0 amide bonds. The molecule has 0 saturated carbocycles. The molecule has 0 atom stereocenters. The Morgan fingerprint density at radius 2 is 1.87 bits per heavy atom. The molecule has 0 aliphatic rings. The Morgan fingerprint density at radius 3 is 2.52 bits per heavy atom. The van der Waals surface area contributed by atoms with Crippen LogP contribution in [0, 0.1) is 5.82 Å². The number of hydrogen-bond donors (Lipinski definition) is 3. The van der Waals surface area contributed by atoms with E-state index in [-0.39, 0.29) is 16.8 Å². The summed E-state index contributed by atoms with van der Waals surface area (Å²) in [6, 6.07) is 4.48. The first-order chi connectivity index (χ1) is 10.8. The summed E-state index contributed by atoms with van der Waals surface area (Å²) in [4.78, 5) is 9.81. The van der Waals surface area contributed by atoms with Crippen molar-refractivity contribution in [2.24, 2.45) is 0 Å². The molecule has 10 heteroatoms. The highest BCUT2D eigenvalue weighted by atomic mass is 19.4. The third-order valence-electron chi connectivity index (χ3n) is 3.18. The number of pyridine rings is 1. The number of hydrogen-bond acceptors (Lipinski definition) is 4. The van der Waals surface area contributed by atoms with Gasteiger partial charge in [0.25, 0.3) is 0 Å². The summed E-state index contributed by atoms with van der Waals surface area (Å²) in [6.45, 7) is 0. The molecule has 1 aromatic carbocycles. The van der Waals surface area contributed by atoms with Gasteiger partial charge in [0.1, 0.15) is 11.6 Å². The molecule has 3 aromatic rings. The van der Waals surface area contributed by atoms with Crippen molar-refractivity contribution in [3.63, 3.8) is 0 Å². The first-order valence-corrected chi connectivity index (χ1v) is 6.34. The lowest BCUT2D eigenvalue weighted by atomic mass is 9.80. The SMILES string of the molecule is OB(O)c1cnc(C(F)(F)F)c(-c2nc3cc(F)ccc3[nH]2)c1. The summed E-state index contributed by atoms with van der Waals surface area (Å²) in [5, 5.41) is 18.2. The number of alkyl halides is 3. The van der Waals surface area contributed by atoms with E-state index < -0.39 is 30.4 Å². The van der Waals surface area contributed by atoms with Crippen LogP contribution in [0.4, 0.5) is 17.6 Å². The van der Waals surface area contributed by atoms with E-state index in [0.717, 1.165) is 24.4 Å². The van der Waals surface area contributed by atoms with Crippen molar-refractivity contribution in [1.29, 1.82) is 0 Å². The van der Waals surface area contributed by atoms with Gasteiger partial charge in [-0.2, -0.15) is 13.2 Å². The molecule has 3 rings (SSSR count). The molecule has 0 saturated heterocycles. The van der Waals surface area contributed by atoms with Crippen LogP contribution in [0.3, 0.4) is 0 Å². The molecule has 0 spiro atoms. The normalized spacial score (nSPS) is 11.9. The predicted molar refractivity (Wildman–Crippen MR) is 74.1 cm³/mol. The number of H-pyrrole nitrogens is 1. The van der Waals surface area contributed by atoms with Gasteiger partial charge in [0.15, 0.2) is 5.69 Å². The fourth-order valence-electron chi connectivity index (χ4n) is 2.14.